The van der Waals surface area contributed by atoms with Crippen molar-refractivity contribution in [3.8, 4) is 6.07 Å². The molecule has 0 unspecified atom stereocenters. The summed E-state index contributed by atoms with van der Waals surface area (Å²) in [6, 6.07) is 3.69. The van der Waals surface area contributed by atoms with Gasteiger partial charge in [0.05, 0.1) is 22.5 Å². The van der Waals surface area contributed by atoms with Gasteiger partial charge in [0.2, 0.25) is 0 Å². The number of nitrogens with one attached hydrogen (secondary N) is 1. The number of anilines is 2. The third kappa shape index (κ3) is 2.96. The summed E-state index contributed by atoms with van der Waals surface area (Å²) >= 11 is 1.64. The van der Waals surface area contributed by atoms with Crippen LogP contribution < -0.4 is 11.1 Å². The van der Waals surface area contributed by atoms with E-state index in [1.165, 1.54) is 6.20 Å². The Balaban J connectivity index is 1.96. The Morgan fingerprint density at radius 2 is 2.39 bits per heavy atom. The zero-order chi connectivity index (χ0) is 13.0. The largest absolute Gasteiger partial charge is 0.397 e. The average Bonchev–Trinajstić information content (AvgIpc) is 2.77. The number of nitrogen functional groups attached to an aromatic ring is 1. The summed E-state index contributed by atoms with van der Waals surface area (Å²) in [5.74, 6) is 0.569. The molecular formula is C12H13N5S. The van der Waals surface area contributed by atoms with Gasteiger partial charge in [-0.1, -0.05) is 0 Å². The molecule has 0 saturated carbocycles. The van der Waals surface area contributed by atoms with Gasteiger partial charge in [-0.25, -0.2) is 9.97 Å². The first kappa shape index (κ1) is 12.3. The van der Waals surface area contributed by atoms with E-state index in [-0.39, 0.29) is 0 Å². The highest BCUT2D eigenvalue weighted by atomic mass is 32.1. The summed E-state index contributed by atoms with van der Waals surface area (Å²) in [6.07, 6.45) is 2.35. The third-order valence-corrected chi connectivity index (χ3v) is 3.35. The van der Waals surface area contributed by atoms with E-state index < -0.39 is 0 Å². The first-order chi connectivity index (χ1) is 8.69. The lowest BCUT2D eigenvalue weighted by Crippen LogP contribution is -2.08. The fraction of sp³-hybridized carbons (Fsp3) is 0.250. The Labute approximate surface area is 109 Å². The SMILES string of the molecule is Cc1csc(CCNc2ncc(N)cc2C#N)n1. The Bertz CT molecular complexity index is 584. The molecular weight excluding hydrogens is 246 g/mol. The maximum atomic E-state index is 8.97. The lowest BCUT2D eigenvalue weighted by atomic mass is 10.2. The lowest BCUT2D eigenvalue weighted by molar-refractivity contribution is 0.977. The molecule has 18 heavy (non-hydrogen) atoms. The summed E-state index contributed by atoms with van der Waals surface area (Å²) in [6.45, 7) is 2.67. The van der Waals surface area contributed by atoms with Gasteiger partial charge in [0.15, 0.2) is 0 Å². The summed E-state index contributed by atoms with van der Waals surface area (Å²) in [5.41, 5.74) is 7.57. The van der Waals surface area contributed by atoms with Crippen molar-refractivity contribution in [1.29, 1.82) is 5.26 Å². The molecule has 0 fully saturated rings. The zero-order valence-corrected chi connectivity index (χ0v) is 10.8. The van der Waals surface area contributed by atoms with Gasteiger partial charge in [-0.3, -0.25) is 0 Å². The molecule has 5 nitrogen and oxygen atoms in total. The van der Waals surface area contributed by atoms with Crippen molar-refractivity contribution >= 4 is 22.8 Å². The first-order valence-electron chi connectivity index (χ1n) is 5.49. The van der Waals surface area contributed by atoms with Crippen molar-refractivity contribution in [2.45, 2.75) is 13.3 Å². The van der Waals surface area contributed by atoms with E-state index in [4.69, 9.17) is 11.0 Å². The van der Waals surface area contributed by atoms with Gasteiger partial charge in [-0.2, -0.15) is 5.26 Å². The molecule has 0 saturated heterocycles. The number of nitrogens with zero attached hydrogens (tertiary/aromatic N) is 3. The van der Waals surface area contributed by atoms with Crippen LogP contribution in [0.3, 0.4) is 0 Å². The Hall–Kier alpha value is -2.13. The van der Waals surface area contributed by atoms with Crippen molar-refractivity contribution in [3.63, 3.8) is 0 Å². The maximum absolute atomic E-state index is 8.97. The van der Waals surface area contributed by atoms with E-state index >= 15 is 0 Å². The molecule has 2 aromatic rings. The summed E-state index contributed by atoms with van der Waals surface area (Å²) in [4.78, 5) is 8.48. The van der Waals surface area contributed by atoms with Gasteiger partial charge in [-0.05, 0) is 13.0 Å². The fourth-order valence-electron chi connectivity index (χ4n) is 1.51. The highest BCUT2D eigenvalue weighted by Gasteiger charge is 2.04. The number of hydrogen-bond donors (Lipinski definition) is 2. The van der Waals surface area contributed by atoms with Crippen LogP contribution in [-0.2, 0) is 6.42 Å². The summed E-state index contributed by atoms with van der Waals surface area (Å²) in [5, 5.41) is 15.2. The third-order valence-electron chi connectivity index (χ3n) is 2.33. The zero-order valence-electron chi connectivity index (χ0n) is 9.97. The van der Waals surface area contributed by atoms with Crippen molar-refractivity contribution in [3.05, 3.63) is 33.9 Å². The molecule has 0 amide bonds. The molecule has 0 aromatic carbocycles. The van der Waals surface area contributed by atoms with Gasteiger partial charge in [-0.15, -0.1) is 11.3 Å². The topological polar surface area (TPSA) is 87.6 Å². The van der Waals surface area contributed by atoms with Crippen LogP contribution in [0.1, 0.15) is 16.3 Å². The fourth-order valence-corrected chi connectivity index (χ4v) is 2.29. The van der Waals surface area contributed by atoms with Crippen LogP contribution in [0.25, 0.3) is 0 Å². The van der Waals surface area contributed by atoms with Crippen LogP contribution in [0.15, 0.2) is 17.6 Å². The van der Waals surface area contributed by atoms with Crippen molar-refractivity contribution in [1.82, 2.24) is 9.97 Å². The molecule has 2 rings (SSSR count). The minimum atomic E-state index is 0.463. The monoisotopic (exact) mass is 259 g/mol. The van der Waals surface area contributed by atoms with Gasteiger partial charge in [0.25, 0.3) is 0 Å². The number of aromatic nitrogens is 2. The standard InChI is InChI=1S/C12H13N5S/c1-8-7-18-11(17-8)2-3-15-12-9(5-13)4-10(14)6-16-12/h4,6-7H,2-3,14H2,1H3,(H,15,16). The molecule has 2 heterocycles. The lowest BCUT2D eigenvalue weighted by Gasteiger charge is -2.06. The molecule has 0 bridgehead atoms. The van der Waals surface area contributed by atoms with Crippen LogP contribution in [0.4, 0.5) is 11.5 Å². The van der Waals surface area contributed by atoms with E-state index in [0.29, 0.717) is 23.6 Å². The molecule has 92 valence electrons. The minimum absolute atomic E-state index is 0.463. The molecule has 0 aliphatic rings. The number of rotatable bonds is 4. The maximum Gasteiger partial charge on any atom is 0.144 e. The quantitative estimate of drug-likeness (QED) is 0.876. The number of pyridine rings is 1. The second kappa shape index (κ2) is 5.47. The Morgan fingerprint density at radius 1 is 1.56 bits per heavy atom. The van der Waals surface area contributed by atoms with Gasteiger partial charge in [0, 0.05) is 24.0 Å². The predicted octanol–water partition coefficient (Wildman–Crippen LogP) is 1.95. The number of nitriles is 1. The van der Waals surface area contributed by atoms with E-state index in [2.05, 4.69) is 21.4 Å². The van der Waals surface area contributed by atoms with Gasteiger partial charge >= 0.3 is 0 Å². The summed E-state index contributed by atoms with van der Waals surface area (Å²) < 4.78 is 0. The second-order valence-corrected chi connectivity index (χ2v) is 4.78. The first-order valence-corrected chi connectivity index (χ1v) is 6.37. The Kier molecular flexibility index (Phi) is 3.75. The van der Waals surface area contributed by atoms with Crippen molar-refractivity contribution < 1.29 is 0 Å². The van der Waals surface area contributed by atoms with Crippen LogP contribution in [0, 0.1) is 18.3 Å². The van der Waals surface area contributed by atoms with Crippen LogP contribution in [0.5, 0.6) is 0 Å². The molecule has 0 radical (unpaired) electrons. The molecule has 2 aromatic heterocycles. The molecule has 0 aliphatic carbocycles. The average molecular weight is 259 g/mol. The summed E-state index contributed by atoms with van der Waals surface area (Å²) in [7, 11) is 0. The van der Waals surface area contributed by atoms with Crippen molar-refractivity contribution in [2.24, 2.45) is 0 Å². The number of hydrogen-bond acceptors (Lipinski definition) is 6. The number of aryl methyl sites for hydroxylation is 1. The normalized spacial score (nSPS) is 10.0. The highest BCUT2D eigenvalue weighted by Crippen LogP contribution is 2.15. The molecule has 3 N–H and O–H groups in total. The minimum Gasteiger partial charge on any atom is -0.397 e. The Morgan fingerprint density at radius 3 is 3.06 bits per heavy atom. The van der Waals surface area contributed by atoms with Crippen LogP contribution >= 0.6 is 11.3 Å². The smallest absolute Gasteiger partial charge is 0.144 e. The second-order valence-electron chi connectivity index (χ2n) is 3.84. The van der Waals surface area contributed by atoms with E-state index in [0.717, 1.165) is 17.1 Å². The molecule has 0 spiro atoms. The molecule has 6 heteroatoms. The molecule has 0 atom stereocenters. The van der Waals surface area contributed by atoms with Gasteiger partial charge in [0.1, 0.15) is 11.9 Å². The van der Waals surface area contributed by atoms with Gasteiger partial charge < -0.3 is 11.1 Å². The number of thiazole rings is 1. The number of nitrogens with two attached hydrogens (primary N) is 1. The predicted molar refractivity (Wildman–Crippen MR) is 72.4 cm³/mol. The van der Waals surface area contributed by atoms with Crippen molar-refractivity contribution in [2.75, 3.05) is 17.6 Å². The van der Waals surface area contributed by atoms with E-state index in [9.17, 15) is 0 Å². The van der Waals surface area contributed by atoms with E-state index in [1.807, 2.05) is 12.3 Å². The van der Waals surface area contributed by atoms with E-state index in [1.54, 1.807) is 17.4 Å². The van der Waals surface area contributed by atoms with Crippen LogP contribution in [-0.4, -0.2) is 16.5 Å². The molecule has 0 aliphatic heterocycles. The van der Waals surface area contributed by atoms with Crippen LogP contribution in [0.2, 0.25) is 0 Å². The highest BCUT2D eigenvalue weighted by molar-refractivity contribution is 7.09.